The van der Waals surface area contributed by atoms with Crippen LogP contribution in [0.1, 0.15) is 20.8 Å². The molecule has 2 atom stereocenters. The Kier molecular flexibility index (Phi) is 6.01. The number of nitrogens with two attached hydrogens (primary N) is 1. The maximum atomic E-state index is 5.69. The molecule has 0 rings (SSSR count). The van der Waals surface area contributed by atoms with E-state index in [1.807, 2.05) is 20.9 Å². The number of hydrogen-bond donors (Lipinski definition) is 1. The number of likely N-dealkylation sites (N-methyl/N-ethyl adjacent to an activating group) is 1. The molecule has 0 aliphatic carbocycles. The van der Waals surface area contributed by atoms with Gasteiger partial charge in [0.25, 0.3) is 0 Å². The molecular weight excluding hydrogens is 212 g/mol. The van der Waals surface area contributed by atoms with Gasteiger partial charge in [-0.2, -0.15) is 5.10 Å². The van der Waals surface area contributed by atoms with Crippen molar-refractivity contribution in [2.45, 2.75) is 32.3 Å². The standard InChI is InChI=1S/C10H19ClN4/c1-7(8(2)15(5)13-4)6-10(12)14-9(3)11/h6,8-9H,4H2,1-3,5H3,(H2,12,14)/b7-6+/t8-,9?/m0/s1. The third-order valence-corrected chi connectivity index (χ3v) is 2.24. The average molecular weight is 231 g/mol. The molecule has 0 fully saturated rings. The second-order valence-electron chi connectivity index (χ2n) is 3.41. The molecule has 4 nitrogen and oxygen atoms in total. The number of hydrazone groups is 1. The van der Waals surface area contributed by atoms with E-state index in [4.69, 9.17) is 17.3 Å². The van der Waals surface area contributed by atoms with E-state index in [0.29, 0.717) is 5.84 Å². The lowest BCUT2D eigenvalue weighted by Gasteiger charge is -2.21. The molecule has 15 heavy (non-hydrogen) atoms. The Bertz CT molecular complexity index is 271. The zero-order chi connectivity index (χ0) is 12.0. The van der Waals surface area contributed by atoms with E-state index in [9.17, 15) is 0 Å². The van der Waals surface area contributed by atoms with Crippen LogP contribution in [-0.4, -0.2) is 36.2 Å². The maximum absolute atomic E-state index is 5.69. The van der Waals surface area contributed by atoms with Crippen molar-refractivity contribution in [2.75, 3.05) is 7.05 Å². The fourth-order valence-electron chi connectivity index (χ4n) is 1.01. The lowest BCUT2D eigenvalue weighted by atomic mass is 10.1. The van der Waals surface area contributed by atoms with Gasteiger partial charge < -0.3 is 5.73 Å². The summed E-state index contributed by atoms with van der Waals surface area (Å²) in [5.41, 5.74) is 6.43. The summed E-state index contributed by atoms with van der Waals surface area (Å²) < 4.78 is 0. The van der Waals surface area contributed by atoms with E-state index in [0.717, 1.165) is 5.57 Å². The van der Waals surface area contributed by atoms with Gasteiger partial charge >= 0.3 is 0 Å². The third kappa shape index (κ3) is 5.42. The number of halogens is 1. The molecule has 0 amide bonds. The van der Waals surface area contributed by atoms with E-state index in [2.05, 4.69) is 16.8 Å². The molecule has 2 N–H and O–H groups in total. The summed E-state index contributed by atoms with van der Waals surface area (Å²) in [7, 11) is 1.85. The molecule has 0 aliphatic rings. The summed E-state index contributed by atoms with van der Waals surface area (Å²) >= 11 is 5.69. The molecule has 0 radical (unpaired) electrons. The number of nitrogens with zero attached hydrogens (tertiary/aromatic N) is 3. The Labute approximate surface area is 96.5 Å². The molecule has 0 aliphatic heterocycles. The second kappa shape index (κ2) is 6.45. The molecule has 86 valence electrons. The predicted molar refractivity (Wildman–Crippen MR) is 67.5 cm³/mol. The zero-order valence-corrected chi connectivity index (χ0v) is 10.5. The normalized spacial score (nSPS) is 17.1. The molecule has 0 aromatic carbocycles. The van der Waals surface area contributed by atoms with Crippen LogP contribution >= 0.6 is 11.6 Å². The van der Waals surface area contributed by atoms with E-state index in [-0.39, 0.29) is 11.5 Å². The van der Waals surface area contributed by atoms with Crippen molar-refractivity contribution in [1.82, 2.24) is 5.01 Å². The number of alkyl halides is 1. The molecule has 0 heterocycles. The van der Waals surface area contributed by atoms with Crippen molar-refractivity contribution in [3.8, 4) is 0 Å². The van der Waals surface area contributed by atoms with E-state index in [1.165, 1.54) is 0 Å². The average Bonchev–Trinajstić information content (AvgIpc) is 2.13. The van der Waals surface area contributed by atoms with Gasteiger partial charge in [-0.3, -0.25) is 5.01 Å². The SMILES string of the molecule is C=NN(C)[C@@H](C)/C(C)=C/C(N)=NC(C)Cl. The van der Waals surface area contributed by atoms with Crippen LogP contribution in [0.5, 0.6) is 0 Å². The van der Waals surface area contributed by atoms with Crippen molar-refractivity contribution < 1.29 is 0 Å². The first-order chi connectivity index (χ1) is 6.88. The Morgan fingerprint density at radius 1 is 1.53 bits per heavy atom. The minimum atomic E-state index is -0.306. The topological polar surface area (TPSA) is 54.0 Å². The third-order valence-electron chi connectivity index (χ3n) is 2.15. The first-order valence-corrected chi connectivity index (χ1v) is 5.17. The van der Waals surface area contributed by atoms with Crippen molar-refractivity contribution >= 4 is 24.2 Å². The first-order valence-electron chi connectivity index (χ1n) is 4.73. The van der Waals surface area contributed by atoms with Gasteiger partial charge in [0.1, 0.15) is 11.3 Å². The molecule has 0 aromatic rings. The quantitative estimate of drug-likeness (QED) is 0.258. The van der Waals surface area contributed by atoms with Crippen LogP contribution in [0.15, 0.2) is 21.7 Å². The van der Waals surface area contributed by atoms with Gasteiger partial charge in [0.15, 0.2) is 0 Å². The molecule has 0 spiro atoms. The van der Waals surface area contributed by atoms with Crippen LogP contribution in [0.25, 0.3) is 0 Å². The molecule has 0 saturated heterocycles. The van der Waals surface area contributed by atoms with Gasteiger partial charge in [-0.1, -0.05) is 11.6 Å². The minimum Gasteiger partial charge on any atom is -0.384 e. The second-order valence-corrected chi connectivity index (χ2v) is 4.04. The van der Waals surface area contributed by atoms with Crippen molar-refractivity contribution in [2.24, 2.45) is 15.8 Å². The zero-order valence-electron chi connectivity index (χ0n) is 9.74. The van der Waals surface area contributed by atoms with Gasteiger partial charge in [-0.25, -0.2) is 4.99 Å². The number of aliphatic imine (C=N–C) groups is 1. The van der Waals surface area contributed by atoms with Gasteiger partial charge in [0.05, 0.1) is 6.04 Å². The highest BCUT2D eigenvalue weighted by Crippen LogP contribution is 2.08. The predicted octanol–water partition coefficient (Wildman–Crippen LogP) is 1.81. The van der Waals surface area contributed by atoms with Gasteiger partial charge in [0, 0.05) is 13.8 Å². The summed E-state index contributed by atoms with van der Waals surface area (Å²) in [6, 6.07) is 0.141. The molecule has 0 saturated carbocycles. The highest BCUT2D eigenvalue weighted by atomic mass is 35.5. The number of hydrogen-bond acceptors (Lipinski definition) is 3. The summed E-state index contributed by atoms with van der Waals surface area (Å²) in [6.45, 7) is 9.20. The van der Waals surface area contributed by atoms with Crippen LogP contribution in [-0.2, 0) is 0 Å². The lowest BCUT2D eigenvalue weighted by molar-refractivity contribution is 0.305. The van der Waals surface area contributed by atoms with Crippen molar-refractivity contribution in [1.29, 1.82) is 0 Å². The smallest absolute Gasteiger partial charge is 0.123 e. The summed E-state index contributed by atoms with van der Waals surface area (Å²) in [5.74, 6) is 0.430. The van der Waals surface area contributed by atoms with E-state index < -0.39 is 0 Å². The number of rotatable bonds is 5. The Hall–Kier alpha value is -1.03. The van der Waals surface area contributed by atoms with Crippen LogP contribution in [0.4, 0.5) is 0 Å². The highest BCUT2D eigenvalue weighted by Gasteiger charge is 2.08. The van der Waals surface area contributed by atoms with Crippen LogP contribution in [0, 0.1) is 0 Å². The van der Waals surface area contributed by atoms with Crippen molar-refractivity contribution in [3.05, 3.63) is 11.6 Å². The summed E-state index contributed by atoms with van der Waals surface area (Å²) in [6.07, 6.45) is 1.80. The van der Waals surface area contributed by atoms with Crippen LogP contribution in [0.3, 0.4) is 0 Å². The molecular formula is C10H19ClN4. The number of amidine groups is 1. The molecule has 5 heteroatoms. The molecule has 0 bridgehead atoms. The van der Waals surface area contributed by atoms with E-state index >= 15 is 0 Å². The van der Waals surface area contributed by atoms with Gasteiger partial charge in [-0.05, 0) is 32.4 Å². The maximum Gasteiger partial charge on any atom is 0.123 e. The summed E-state index contributed by atoms with van der Waals surface area (Å²) in [5, 5.41) is 5.57. The highest BCUT2D eigenvalue weighted by molar-refractivity contribution is 6.21. The van der Waals surface area contributed by atoms with E-state index in [1.54, 1.807) is 18.0 Å². The Morgan fingerprint density at radius 2 is 2.07 bits per heavy atom. The monoisotopic (exact) mass is 230 g/mol. The minimum absolute atomic E-state index is 0.141. The Morgan fingerprint density at radius 3 is 2.47 bits per heavy atom. The molecule has 0 aromatic heterocycles. The van der Waals surface area contributed by atoms with Crippen molar-refractivity contribution in [3.63, 3.8) is 0 Å². The molecule has 1 unspecified atom stereocenters. The fraction of sp³-hybridized carbons (Fsp3) is 0.600. The van der Waals surface area contributed by atoms with Gasteiger partial charge in [0.2, 0.25) is 0 Å². The fourth-order valence-corrected chi connectivity index (χ4v) is 1.13. The van der Waals surface area contributed by atoms with Gasteiger partial charge in [-0.15, -0.1) is 0 Å². The van der Waals surface area contributed by atoms with Crippen LogP contribution in [0.2, 0.25) is 0 Å². The summed E-state index contributed by atoms with van der Waals surface area (Å²) in [4.78, 5) is 4.00. The Balaban J connectivity index is 4.62. The van der Waals surface area contributed by atoms with Crippen LogP contribution < -0.4 is 5.73 Å². The largest absolute Gasteiger partial charge is 0.384 e. The first kappa shape index (κ1) is 14.0. The lowest BCUT2D eigenvalue weighted by Crippen LogP contribution is -2.25.